The Hall–Kier alpha value is -3.36. The molecule has 0 atom stereocenters. The minimum atomic E-state index is -1.68. The summed E-state index contributed by atoms with van der Waals surface area (Å²) in [6, 6.07) is 8.01. The first-order valence-electron chi connectivity index (χ1n) is 8.28. The van der Waals surface area contributed by atoms with Crippen molar-refractivity contribution in [1.82, 2.24) is 0 Å². The molecule has 28 heavy (non-hydrogen) atoms. The van der Waals surface area contributed by atoms with Gasteiger partial charge >= 0.3 is 0 Å². The number of anilines is 3. The Morgan fingerprint density at radius 3 is 2.11 bits per heavy atom. The summed E-state index contributed by atoms with van der Waals surface area (Å²) in [5.74, 6) is -5.78. The molecule has 6 nitrogen and oxygen atoms in total. The first-order valence-corrected chi connectivity index (χ1v) is 8.28. The Kier molecular flexibility index (Phi) is 6.75. The molecule has 0 saturated heterocycles. The van der Waals surface area contributed by atoms with Crippen LogP contribution in [0.5, 0.6) is 0 Å². The molecule has 0 aliphatic rings. The molecule has 148 valence electrons. The molecule has 0 fully saturated rings. The summed E-state index contributed by atoms with van der Waals surface area (Å²) >= 11 is 0. The summed E-state index contributed by atoms with van der Waals surface area (Å²) < 4.78 is 39.8. The van der Waals surface area contributed by atoms with Crippen LogP contribution in [-0.4, -0.2) is 24.3 Å². The van der Waals surface area contributed by atoms with Gasteiger partial charge in [-0.2, -0.15) is 0 Å². The van der Waals surface area contributed by atoms with Gasteiger partial charge in [-0.05, 0) is 36.4 Å². The van der Waals surface area contributed by atoms with E-state index in [1.165, 1.54) is 18.7 Å². The van der Waals surface area contributed by atoms with Crippen molar-refractivity contribution in [1.29, 1.82) is 0 Å². The highest BCUT2D eigenvalue weighted by Gasteiger charge is 2.17. The fourth-order valence-corrected chi connectivity index (χ4v) is 2.44. The molecule has 0 unspecified atom stereocenters. The lowest BCUT2D eigenvalue weighted by Gasteiger charge is -2.21. The van der Waals surface area contributed by atoms with Crippen LogP contribution in [0.4, 0.5) is 30.2 Å². The molecule has 2 aromatic carbocycles. The molecule has 0 aliphatic heterocycles. The van der Waals surface area contributed by atoms with E-state index in [0.29, 0.717) is 17.4 Å². The van der Waals surface area contributed by atoms with E-state index >= 15 is 0 Å². The molecular weight excluding hydrogens is 375 g/mol. The molecule has 0 spiro atoms. The van der Waals surface area contributed by atoms with E-state index in [2.05, 4.69) is 10.6 Å². The highest BCUT2D eigenvalue weighted by Crippen LogP contribution is 2.21. The summed E-state index contributed by atoms with van der Waals surface area (Å²) in [6.45, 7) is 2.66. The first kappa shape index (κ1) is 20.9. The number of nitrogens with one attached hydrogen (secondary N) is 2. The van der Waals surface area contributed by atoms with Crippen LogP contribution in [0.15, 0.2) is 36.4 Å². The van der Waals surface area contributed by atoms with Crippen molar-refractivity contribution in [3.05, 3.63) is 53.8 Å². The normalized spacial score (nSPS) is 10.3. The lowest BCUT2D eigenvalue weighted by Crippen LogP contribution is -2.32. The zero-order valence-corrected chi connectivity index (χ0v) is 15.2. The second-order valence-corrected chi connectivity index (χ2v) is 5.92. The van der Waals surface area contributed by atoms with E-state index in [1.807, 2.05) is 0 Å². The Labute approximate surface area is 159 Å². The predicted molar refractivity (Wildman–Crippen MR) is 98.3 cm³/mol. The number of hydrogen-bond donors (Lipinski definition) is 2. The smallest absolute Gasteiger partial charge is 0.226 e. The lowest BCUT2D eigenvalue weighted by atomic mass is 10.2. The average Bonchev–Trinajstić information content (AvgIpc) is 2.63. The molecular formula is C19H18F3N3O3. The fraction of sp³-hybridized carbons (Fsp3) is 0.211. The molecule has 9 heteroatoms. The molecule has 0 aromatic heterocycles. The third-order valence-electron chi connectivity index (χ3n) is 3.75. The summed E-state index contributed by atoms with van der Waals surface area (Å²) in [7, 11) is 0. The minimum absolute atomic E-state index is 0.0219. The monoisotopic (exact) mass is 393 g/mol. The lowest BCUT2D eigenvalue weighted by molar-refractivity contribution is -0.117. The molecule has 0 saturated carbocycles. The van der Waals surface area contributed by atoms with Crippen molar-refractivity contribution >= 4 is 34.8 Å². The number of benzene rings is 2. The maximum absolute atomic E-state index is 13.6. The van der Waals surface area contributed by atoms with E-state index < -0.39 is 29.0 Å². The Bertz CT molecular complexity index is 901. The molecule has 2 rings (SSSR count). The van der Waals surface area contributed by atoms with Gasteiger partial charge < -0.3 is 15.5 Å². The fourth-order valence-electron chi connectivity index (χ4n) is 2.44. The second-order valence-electron chi connectivity index (χ2n) is 5.92. The predicted octanol–water partition coefficient (Wildman–Crippen LogP) is 3.44. The van der Waals surface area contributed by atoms with Crippen LogP contribution in [0.3, 0.4) is 0 Å². The van der Waals surface area contributed by atoms with Crippen LogP contribution < -0.4 is 15.5 Å². The van der Waals surface area contributed by atoms with Gasteiger partial charge in [0.05, 0.1) is 5.69 Å². The number of hydrogen-bond acceptors (Lipinski definition) is 3. The summed E-state index contributed by atoms with van der Waals surface area (Å²) in [5, 5.41) is 4.74. The average molecular weight is 393 g/mol. The molecule has 0 radical (unpaired) electrons. The van der Waals surface area contributed by atoms with Gasteiger partial charge in [-0.3, -0.25) is 14.4 Å². The van der Waals surface area contributed by atoms with Gasteiger partial charge in [0.15, 0.2) is 17.5 Å². The minimum Gasteiger partial charge on any atom is -0.326 e. The first-order chi connectivity index (χ1) is 13.2. The van der Waals surface area contributed by atoms with Crippen molar-refractivity contribution in [2.24, 2.45) is 0 Å². The van der Waals surface area contributed by atoms with Crippen molar-refractivity contribution < 1.29 is 27.6 Å². The molecule has 0 aliphatic carbocycles. The van der Waals surface area contributed by atoms with Gasteiger partial charge in [-0.15, -0.1) is 0 Å². The number of carbonyl (C=O) groups excluding carboxylic acids is 3. The van der Waals surface area contributed by atoms with E-state index in [0.717, 1.165) is 6.07 Å². The second kappa shape index (κ2) is 9.03. The highest BCUT2D eigenvalue weighted by molar-refractivity contribution is 5.95. The van der Waals surface area contributed by atoms with Crippen LogP contribution in [-0.2, 0) is 14.4 Å². The SMILES string of the molecule is CC(=O)Nc1ccc(N(CCC(=O)Nc2ccc(F)c(F)c2F)C(C)=O)cc1. The van der Waals surface area contributed by atoms with Gasteiger partial charge in [0.2, 0.25) is 17.7 Å². The van der Waals surface area contributed by atoms with E-state index in [9.17, 15) is 27.6 Å². The molecule has 2 aromatic rings. The third-order valence-corrected chi connectivity index (χ3v) is 3.75. The third kappa shape index (κ3) is 5.32. The van der Waals surface area contributed by atoms with Crippen molar-refractivity contribution in [3.63, 3.8) is 0 Å². The molecule has 2 N–H and O–H groups in total. The van der Waals surface area contributed by atoms with Gasteiger partial charge in [-0.1, -0.05) is 0 Å². The Morgan fingerprint density at radius 2 is 1.54 bits per heavy atom. The maximum Gasteiger partial charge on any atom is 0.226 e. The summed E-state index contributed by atoms with van der Waals surface area (Å²) in [6.07, 6.45) is -0.203. The molecule has 0 heterocycles. The molecule has 3 amide bonds. The topological polar surface area (TPSA) is 78.5 Å². The van der Waals surface area contributed by atoms with Crippen molar-refractivity contribution in [3.8, 4) is 0 Å². The van der Waals surface area contributed by atoms with E-state index in [1.54, 1.807) is 24.3 Å². The highest BCUT2D eigenvalue weighted by atomic mass is 19.2. The Balaban J connectivity index is 2.03. The van der Waals surface area contributed by atoms with E-state index in [4.69, 9.17) is 0 Å². The number of halogens is 3. The maximum atomic E-state index is 13.6. The van der Waals surface area contributed by atoms with Crippen molar-refractivity contribution in [2.45, 2.75) is 20.3 Å². The summed E-state index contributed by atoms with van der Waals surface area (Å²) in [4.78, 5) is 36.3. The largest absolute Gasteiger partial charge is 0.326 e. The van der Waals surface area contributed by atoms with Crippen molar-refractivity contribution in [2.75, 3.05) is 22.1 Å². The van der Waals surface area contributed by atoms with Gasteiger partial charge in [0.1, 0.15) is 0 Å². The van der Waals surface area contributed by atoms with Crippen LogP contribution in [0.1, 0.15) is 20.3 Å². The quantitative estimate of drug-likeness (QED) is 0.738. The van der Waals surface area contributed by atoms with E-state index in [-0.39, 0.29) is 24.8 Å². The standard InChI is InChI=1S/C19H18F3N3O3/c1-11(26)23-13-3-5-14(6-4-13)25(12(2)27)10-9-17(28)24-16-8-7-15(20)18(21)19(16)22/h3-8H,9-10H2,1-2H3,(H,23,26)(H,24,28). The number of carbonyl (C=O) groups is 3. The number of rotatable bonds is 6. The number of nitrogens with zero attached hydrogens (tertiary/aromatic N) is 1. The van der Waals surface area contributed by atoms with Gasteiger partial charge in [0.25, 0.3) is 0 Å². The zero-order chi connectivity index (χ0) is 20.8. The number of amides is 3. The van der Waals surface area contributed by atoms with Gasteiger partial charge in [-0.25, -0.2) is 13.2 Å². The van der Waals surface area contributed by atoms with Crippen LogP contribution in [0.25, 0.3) is 0 Å². The van der Waals surface area contributed by atoms with Crippen LogP contribution in [0.2, 0.25) is 0 Å². The zero-order valence-electron chi connectivity index (χ0n) is 15.2. The van der Waals surface area contributed by atoms with Crippen LogP contribution >= 0.6 is 0 Å². The van der Waals surface area contributed by atoms with Crippen LogP contribution in [0, 0.1) is 17.5 Å². The molecule has 0 bridgehead atoms. The van der Waals surface area contributed by atoms with Gasteiger partial charge in [0, 0.05) is 38.2 Å². The summed E-state index contributed by atoms with van der Waals surface area (Å²) in [5.41, 5.74) is 0.553. The Morgan fingerprint density at radius 1 is 0.893 bits per heavy atom.